The molecule has 2 aromatic heterocycles. The molecule has 26 heavy (non-hydrogen) atoms. The molecular weight excluding hydrogens is 352 g/mol. The number of aromatic nitrogens is 2. The fraction of sp³-hybridized carbons (Fsp3) is 0.421. The number of carbonyl (C=O) groups is 1. The lowest BCUT2D eigenvalue weighted by Gasteiger charge is -2.37. The summed E-state index contributed by atoms with van der Waals surface area (Å²) in [5, 5.41) is 0.567. The van der Waals surface area contributed by atoms with E-state index in [4.69, 9.17) is 17.3 Å². The predicted octanol–water partition coefficient (Wildman–Crippen LogP) is 1.71. The monoisotopic (exact) mass is 374 g/mol. The summed E-state index contributed by atoms with van der Waals surface area (Å²) in [6.07, 6.45) is 5.94. The van der Waals surface area contributed by atoms with Crippen LogP contribution in [0.5, 0.6) is 0 Å². The first kappa shape index (κ1) is 18.6. The van der Waals surface area contributed by atoms with Crippen LogP contribution in [0.15, 0.2) is 41.5 Å². The van der Waals surface area contributed by atoms with Gasteiger partial charge in [-0.3, -0.25) is 19.5 Å². The van der Waals surface area contributed by atoms with Crippen LogP contribution in [-0.4, -0.2) is 39.5 Å². The Bertz CT molecular complexity index is 834. The summed E-state index contributed by atoms with van der Waals surface area (Å²) in [6.45, 7) is 1.56. The van der Waals surface area contributed by atoms with Crippen molar-refractivity contribution in [1.82, 2.24) is 14.5 Å². The zero-order valence-electron chi connectivity index (χ0n) is 14.8. The number of rotatable bonds is 5. The van der Waals surface area contributed by atoms with Gasteiger partial charge in [0.05, 0.1) is 11.1 Å². The summed E-state index contributed by atoms with van der Waals surface area (Å²) in [6, 6.07) is 6.67. The first-order chi connectivity index (χ1) is 12.4. The van der Waals surface area contributed by atoms with Crippen LogP contribution in [0.25, 0.3) is 0 Å². The number of piperidine rings is 1. The van der Waals surface area contributed by atoms with Crippen molar-refractivity contribution in [1.29, 1.82) is 0 Å². The molecule has 2 N–H and O–H groups in total. The van der Waals surface area contributed by atoms with Gasteiger partial charge in [-0.15, -0.1) is 0 Å². The highest BCUT2D eigenvalue weighted by Gasteiger charge is 2.30. The van der Waals surface area contributed by atoms with Crippen molar-refractivity contribution in [3.63, 3.8) is 0 Å². The van der Waals surface area contributed by atoms with Gasteiger partial charge in [-0.05, 0) is 43.0 Å². The molecule has 0 aromatic carbocycles. The van der Waals surface area contributed by atoms with Crippen LogP contribution in [0, 0.1) is 0 Å². The molecule has 0 spiro atoms. The number of nitrogens with two attached hydrogens (primary N) is 1. The van der Waals surface area contributed by atoms with Crippen molar-refractivity contribution in [3.8, 4) is 0 Å². The Morgan fingerprint density at radius 2 is 2.19 bits per heavy atom. The van der Waals surface area contributed by atoms with Crippen molar-refractivity contribution in [2.75, 3.05) is 13.1 Å². The molecule has 0 bridgehead atoms. The maximum atomic E-state index is 12.1. The maximum absolute atomic E-state index is 12.1. The molecule has 6 nitrogen and oxygen atoms in total. The van der Waals surface area contributed by atoms with Gasteiger partial charge in [0.1, 0.15) is 0 Å². The van der Waals surface area contributed by atoms with Crippen LogP contribution < -0.4 is 11.3 Å². The number of aryl methyl sites for hydroxylation is 1. The number of primary amides is 1. The number of carbonyl (C=O) groups excluding carboxylic acids is 1. The maximum Gasteiger partial charge on any atom is 0.250 e. The van der Waals surface area contributed by atoms with E-state index in [1.807, 2.05) is 18.3 Å². The topological polar surface area (TPSA) is 81.2 Å². The molecule has 1 fully saturated rings. The number of nitrogens with zero attached hydrogens (tertiary/aromatic N) is 3. The van der Waals surface area contributed by atoms with Crippen LogP contribution in [0.3, 0.4) is 0 Å². The quantitative estimate of drug-likeness (QED) is 0.863. The summed E-state index contributed by atoms with van der Waals surface area (Å²) < 4.78 is 1.59. The number of hydrogen-bond donors (Lipinski definition) is 1. The number of halogens is 1. The molecule has 0 saturated carbocycles. The minimum atomic E-state index is -0.404. The third-order valence-electron chi connectivity index (χ3n) is 4.99. The van der Waals surface area contributed by atoms with Gasteiger partial charge in [0.2, 0.25) is 11.5 Å². The van der Waals surface area contributed by atoms with E-state index in [-0.39, 0.29) is 17.4 Å². The summed E-state index contributed by atoms with van der Waals surface area (Å²) in [5.41, 5.74) is 7.58. The van der Waals surface area contributed by atoms with E-state index in [1.165, 1.54) is 0 Å². The Labute approximate surface area is 157 Å². The van der Waals surface area contributed by atoms with E-state index in [1.54, 1.807) is 29.9 Å². The third-order valence-corrected chi connectivity index (χ3v) is 5.22. The molecule has 1 aliphatic heterocycles. The van der Waals surface area contributed by atoms with E-state index in [2.05, 4.69) is 9.88 Å². The molecular formula is C19H23ClN4O2. The van der Waals surface area contributed by atoms with Gasteiger partial charge < -0.3 is 10.3 Å². The molecule has 1 aliphatic rings. The van der Waals surface area contributed by atoms with E-state index in [9.17, 15) is 9.59 Å². The molecule has 138 valence electrons. The highest BCUT2D eigenvalue weighted by atomic mass is 35.5. The zero-order valence-corrected chi connectivity index (χ0v) is 15.5. The number of pyridine rings is 2. The molecule has 2 atom stereocenters. The third kappa shape index (κ3) is 4.31. The first-order valence-corrected chi connectivity index (χ1v) is 9.12. The van der Waals surface area contributed by atoms with Crippen molar-refractivity contribution in [2.45, 2.75) is 31.2 Å². The zero-order chi connectivity index (χ0) is 18.7. The van der Waals surface area contributed by atoms with Gasteiger partial charge in [0.25, 0.3) is 0 Å². The van der Waals surface area contributed by atoms with Crippen molar-refractivity contribution in [3.05, 3.63) is 63.3 Å². The fourth-order valence-electron chi connectivity index (χ4n) is 3.55. The lowest BCUT2D eigenvalue weighted by atomic mass is 9.90. The van der Waals surface area contributed by atoms with E-state index in [0.29, 0.717) is 11.4 Å². The first-order valence-electron chi connectivity index (χ1n) is 8.74. The highest BCUT2D eigenvalue weighted by molar-refractivity contribution is 6.30. The molecule has 0 aliphatic carbocycles. The van der Waals surface area contributed by atoms with Gasteiger partial charge in [0, 0.05) is 44.2 Å². The van der Waals surface area contributed by atoms with Crippen LogP contribution in [0.4, 0.5) is 0 Å². The van der Waals surface area contributed by atoms with Crippen molar-refractivity contribution >= 4 is 17.5 Å². The molecule has 1 unspecified atom stereocenters. The second-order valence-corrected chi connectivity index (χ2v) is 7.27. The Morgan fingerprint density at radius 1 is 1.38 bits per heavy atom. The summed E-state index contributed by atoms with van der Waals surface area (Å²) in [4.78, 5) is 30.1. The van der Waals surface area contributed by atoms with E-state index < -0.39 is 6.04 Å². The largest absolute Gasteiger partial charge is 0.368 e. The Balaban J connectivity index is 1.76. The molecule has 7 heteroatoms. The van der Waals surface area contributed by atoms with Crippen LogP contribution >= 0.6 is 11.6 Å². The van der Waals surface area contributed by atoms with Crippen molar-refractivity contribution < 1.29 is 4.79 Å². The molecule has 2 aromatic rings. The standard InChI is InChI=1S/C19H23ClN4O2/c1-23-11-14(4-7-18(23)25)13-3-2-8-24(12-13)17(19(21)26)9-16-6-5-15(20)10-22-16/h4-7,10-11,13,17H,2-3,8-9,12H2,1H3,(H2,21,26)/t13-,17?/m1/s1. The Morgan fingerprint density at radius 3 is 2.85 bits per heavy atom. The molecule has 3 heterocycles. The molecule has 3 rings (SSSR count). The second kappa shape index (κ2) is 8.01. The van der Waals surface area contributed by atoms with Gasteiger partial charge in [0.15, 0.2) is 0 Å². The van der Waals surface area contributed by atoms with Gasteiger partial charge in [-0.2, -0.15) is 0 Å². The lowest BCUT2D eigenvalue weighted by molar-refractivity contribution is -0.123. The second-order valence-electron chi connectivity index (χ2n) is 6.84. The molecule has 0 radical (unpaired) electrons. The molecule has 1 saturated heterocycles. The van der Waals surface area contributed by atoms with Gasteiger partial charge in [-0.25, -0.2) is 0 Å². The minimum absolute atomic E-state index is 0.0229. The number of amides is 1. The average Bonchev–Trinajstić information content (AvgIpc) is 2.63. The SMILES string of the molecule is Cn1cc([C@@H]2CCCN(C(Cc3ccc(Cl)cn3)C(N)=O)C2)ccc1=O. The summed E-state index contributed by atoms with van der Waals surface area (Å²) in [7, 11) is 1.75. The summed E-state index contributed by atoms with van der Waals surface area (Å²) >= 11 is 5.88. The van der Waals surface area contributed by atoms with Gasteiger partial charge >= 0.3 is 0 Å². The van der Waals surface area contributed by atoms with Crippen molar-refractivity contribution in [2.24, 2.45) is 12.8 Å². The highest BCUT2D eigenvalue weighted by Crippen LogP contribution is 2.28. The average molecular weight is 375 g/mol. The smallest absolute Gasteiger partial charge is 0.250 e. The van der Waals surface area contributed by atoms with Crippen LogP contribution in [0.1, 0.15) is 30.0 Å². The lowest BCUT2D eigenvalue weighted by Crippen LogP contribution is -2.50. The summed E-state index contributed by atoms with van der Waals surface area (Å²) in [5.74, 6) is -0.0709. The minimum Gasteiger partial charge on any atom is -0.368 e. The van der Waals surface area contributed by atoms with E-state index in [0.717, 1.165) is 37.2 Å². The number of likely N-dealkylation sites (tertiary alicyclic amines) is 1. The van der Waals surface area contributed by atoms with Crippen LogP contribution in [-0.2, 0) is 18.3 Å². The number of hydrogen-bond acceptors (Lipinski definition) is 4. The fourth-order valence-corrected chi connectivity index (χ4v) is 3.67. The van der Waals surface area contributed by atoms with Gasteiger partial charge in [-0.1, -0.05) is 17.7 Å². The van der Waals surface area contributed by atoms with Crippen LogP contribution in [0.2, 0.25) is 5.02 Å². The Hall–Kier alpha value is -2.18. The normalized spacial score (nSPS) is 19.2. The molecule has 1 amide bonds. The van der Waals surface area contributed by atoms with E-state index >= 15 is 0 Å². The predicted molar refractivity (Wildman–Crippen MR) is 101 cm³/mol. The Kier molecular flexibility index (Phi) is 5.74.